The molecule has 2 amide bonds. The Morgan fingerprint density at radius 3 is 2.49 bits per heavy atom. The van der Waals surface area contributed by atoms with Crippen LogP contribution in [0.3, 0.4) is 0 Å². The summed E-state index contributed by atoms with van der Waals surface area (Å²) in [6.07, 6.45) is 1.46. The van der Waals surface area contributed by atoms with Crippen molar-refractivity contribution in [1.29, 1.82) is 0 Å². The number of aromatic nitrogens is 2. The number of carbonyl (C=O) groups is 3. The third kappa shape index (κ3) is 4.83. The Labute approximate surface area is 205 Å². The fraction of sp³-hybridized carbons (Fsp3) is 0.280. The van der Waals surface area contributed by atoms with Gasteiger partial charge in [0.05, 0.1) is 18.5 Å². The van der Waals surface area contributed by atoms with Gasteiger partial charge in [-0.15, -0.1) is 11.3 Å². The second-order valence-electron chi connectivity index (χ2n) is 8.28. The highest BCUT2D eigenvalue weighted by Crippen LogP contribution is 2.29. The van der Waals surface area contributed by atoms with Gasteiger partial charge in [0.25, 0.3) is 11.8 Å². The predicted octanol–water partition coefficient (Wildman–Crippen LogP) is 3.19. The molecule has 180 valence electrons. The van der Waals surface area contributed by atoms with Gasteiger partial charge in [0, 0.05) is 31.6 Å². The zero-order chi connectivity index (χ0) is 24.4. The van der Waals surface area contributed by atoms with Crippen LogP contribution >= 0.6 is 11.3 Å². The molecule has 4 aromatic rings. The Morgan fingerprint density at radius 1 is 1.03 bits per heavy atom. The monoisotopic (exact) mass is 492 g/mol. The van der Waals surface area contributed by atoms with Crippen molar-refractivity contribution in [2.24, 2.45) is 0 Å². The first-order chi connectivity index (χ1) is 17.0. The van der Waals surface area contributed by atoms with E-state index in [4.69, 9.17) is 9.15 Å². The number of aryl methyl sites for hydroxylation is 1. The van der Waals surface area contributed by atoms with Gasteiger partial charge in [0.2, 0.25) is 0 Å². The number of furan rings is 1. The van der Waals surface area contributed by atoms with Crippen molar-refractivity contribution < 1.29 is 23.5 Å². The summed E-state index contributed by atoms with van der Waals surface area (Å²) in [5.74, 6) is -0.726. The second-order valence-corrected chi connectivity index (χ2v) is 9.32. The van der Waals surface area contributed by atoms with E-state index in [1.54, 1.807) is 28.0 Å². The number of benzene rings is 1. The molecule has 0 aliphatic carbocycles. The first-order valence-electron chi connectivity index (χ1n) is 11.3. The average molecular weight is 493 g/mol. The number of piperazine rings is 1. The molecule has 5 rings (SSSR count). The molecule has 3 aromatic heterocycles. The number of fused-ring (bicyclic) bond motifs is 1. The third-order valence-corrected chi connectivity index (χ3v) is 7.09. The van der Waals surface area contributed by atoms with E-state index in [9.17, 15) is 14.4 Å². The molecule has 0 unspecified atom stereocenters. The summed E-state index contributed by atoms with van der Waals surface area (Å²) in [6, 6.07) is 15.0. The molecule has 1 saturated heterocycles. The largest absolute Gasteiger partial charge is 0.459 e. The molecular formula is C25H24N4O5S. The van der Waals surface area contributed by atoms with E-state index in [1.165, 1.54) is 17.6 Å². The quantitative estimate of drug-likeness (QED) is 0.384. The first kappa shape index (κ1) is 22.9. The number of rotatable bonds is 6. The number of hydrogen-bond acceptors (Lipinski definition) is 7. The molecule has 9 nitrogen and oxygen atoms in total. The molecule has 35 heavy (non-hydrogen) atoms. The minimum Gasteiger partial charge on any atom is -0.459 e. The van der Waals surface area contributed by atoms with E-state index >= 15 is 0 Å². The lowest BCUT2D eigenvalue weighted by Gasteiger charge is -2.34. The van der Waals surface area contributed by atoms with Crippen LogP contribution in [0.1, 0.15) is 31.5 Å². The molecule has 0 spiro atoms. The van der Waals surface area contributed by atoms with Crippen molar-refractivity contribution in [3.8, 4) is 0 Å². The summed E-state index contributed by atoms with van der Waals surface area (Å²) < 4.78 is 12.4. The minimum atomic E-state index is -0.531. The second kappa shape index (κ2) is 9.75. The summed E-state index contributed by atoms with van der Waals surface area (Å²) in [5, 5.41) is 5.50. The van der Waals surface area contributed by atoms with Crippen LogP contribution in [-0.2, 0) is 16.1 Å². The van der Waals surface area contributed by atoms with E-state index in [1.807, 2.05) is 41.9 Å². The zero-order valence-corrected chi connectivity index (χ0v) is 20.0. The average Bonchev–Trinajstić information content (AvgIpc) is 3.62. The Balaban J connectivity index is 1.17. The van der Waals surface area contributed by atoms with E-state index in [0.29, 0.717) is 37.6 Å². The Hall–Kier alpha value is -3.92. The summed E-state index contributed by atoms with van der Waals surface area (Å²) >= 11 is 1.31. The lowest BCUT2D eigenvalue weighted by atomic mass is 10.2. The topological polar surface area (TPSA) is 97.9 Å². The first-order valence-corrected chi connectivity index (χ1v) is 12.1. The van der Waals surface area contributed by atoms with Gasteiger partial charge in [-0.3, -0.25) is 14.3 Å². The van der Waals surface area contributed by atoms with Crippen LogP contribution in [0.4, 0.5) is 0 Å². The van der Waals surface area contributed by atoms with Gasteiger partial charge in [-0.2, -0.15) is 5.10 Å². The molecule has 0 bridgehead atoms. The predicted molar refractivity (Wildman–Crippen MR) is 129 cm³/mol. The number of nitrogens with zero attached hydrogens (tertiary/aromatic N) is 4. The molecule has 0 N–H and O–H groups in total. The van der Waals surface area contributed by atoms with Crippen molar-refractivity contribution in [3.05, 3.63) is 76.7 Å². The molecular weight excluding hydrogens is 468 g/mol. The van der Waals surface area contributed by atoms with Gasteiger partial charge in [-0.25, -0.2) is 4.79 Å². The Morgan fingerprint density at radius 2 is 1.77 bits per heavy atom. The van der Waals surface area contributed by atoms with Crippen LogP contribution < -0.4 is 0 Å². The number of esters is 1. The minimum absolute atomic E-state index is 0.195. The van der Waals surface area contributed by atoms with Crippen molar-refractivity contribution in [3.63, 3.8) is 0 Å². The normalized spacial score (nSPS) is 13.9. The van der Waals surface area contributed by atoms with Gasteiger partial charge >= 0.3 is 5.97 Å². The van der Waals surface area contributed by atoms with Crippen molar-refractivity contribution in [2.45, 2.75) is 13.5 Å². The standard InChI is InChI=1S/C25H24N4O5S/c1-17-19-14-21(35-24(19)29(26-17)15-18-6-3-2-4-7-18)25(32)34-16-22(30)27-9-11-28(12-10-27)23(31)20-8-5-13-33-20/h2-8,13-14H,9-12,15-16H2,1H3. The summed E-state index contributed by atoms with van der Waals surface area (Å²) in [5.41, 5.74) is 1.95. The summed E-state index contributed by atoms with van der Waals surface area (Å²) in [7, 11) is 0. The van der Waals surface area contributed by atoms with Crippen LogP contribution in [0.25, 0.3) is 10.2 Å². The van der Waals surface area contributed by atoms with Crippen molar-refractivity contribution >= 4 is 39.3 Å². The molecule has 1 fully saturated rings. The van der Waals surface area contributed by atoms with Crippen LogP contribution in [0.15, 0.2) is 59.2 Å². The SMILES string of the molecule is Cc1nn(Cc2ccccc2)c2sc(C(=O)OCC(=O)N3CCN(C(=O)c4ccco4)CC3)cc12. The summed E-state index contributed by atoms with van der Waals surface area (Å²) in [4.78, 5) is 42.2. The third-order valence-electron chi connectivity index (χ3n) is 5.96. The number of carbonyl (C=O) groups excluding carboxylic acids is 3. The molecule has 0 atom stereocenters. The highest BCUT2D eigenvalue weighted by molar-refractivity contribution is 7.20. The number of thiophene rings is 1. The van der Waals surface area contributed by atoms with Crippen molar-refractivity contribution in [2.75, 3.05) is 32.8 Å². The van der Waals surface area contributed by atoms with Gasteiger partial charge in [0.15, 0.2) is 12.4 Å². The van der Waals surface area contributed by atoms with Crippen molar-refractivity contribution in [1.82, 2.24) is 19.6 Å². The van der Waals surface area contributed by atoms with E-state index in [2.05, 4.69) is 5.10 Å². The molecule has 1 aliphatic heterocycles. The lowest BCUT2D eigenvalue weighted by molar-refractivity contribution is -0.136. The molecule has 10 heteroatoms. The van der Waals surface area contributed by atoms with Crippen LogP contribution in [0.2, 0.25) is 0 Å². The number of amides is 2. The molecule has 1 aliphatic rings. The lowest BCUT2D eigenvalue weighted by Crippen LogP contribution is -2.51. The van der Waals surface area contributed by atoms with E-state index < -0.39 is 5.97 Å². The maximum Gasteiger partial charge on any atom is 0.348 e. The van der Waals surface area contributed by atoms with Gasteiger partial charge in [-0.1, -0.05) is 30.3 Å². The van der Waals surface area contributed by atoms with Crippen LogP contribution in [0.5, 0.6) is 0 Å². The molecule has 0 radical (unpaired) electrons. The van der Waals surface area contributed by atoms with E-state index in [0.717, 1.165) is 21.5 Å². The number of hydrogen-bond donors (Lipinski definition) is 0. The Kier molecular flexibility index (Phi) is 6.37. The van der Waals surface area contributed by atoms with Crippen LogP contribution in [-0.4, -0.2) is 70.1 Å². The molecule has 0 saturated carbocycles. The highest BCUT2D eigenvalue weighted by Gasteiger charge is 2.27. The fourth-order valence-electron chi connectivity index (χ4n) is 4.08. The summed E-state index contributed by atoms with van der Waals surface area (Å²) in [6.45, 7) is 3.72. The van der Waals surface area contributed by atoms with Gasteiger partial charge in [0.1, 0.15) is 9.71 Å². The number of ether oxygens (including phenoxy) is 1. The smallest absolute Gasteiger partial charge is 0.348 e. The Bertz CT molecular complexity index is 1350. The fourth-order valence-corrected chi connectivity index (χ4v) is 5.14. The molecule has 1 aromatic carbocycles. The maximum atomic E-state index is 12.7. The molecule has 4 heterocycles. The van der Waals surface area contributed by atoms with Crippen LogP contribution in [0, 0.1) is 6.92 Å². The van der Waals surface area contributed by atoms with Gasteiger partial charge in [-0.05, 0) is 30.7 Å². The van der Waals surface area contributed by atoms with Gasteiger partial charge < -0.3 is 19.0 Å². The maximum absolute atomic E-state index is 12.7. The highest BCUT2D eigenvalue weighted by atomic mass is 32.1. The van der Waals surface area contributed by atoms with E-state index in [-0.39, 0.29) is 24.2 Å². The zero-order valence-electron chi connectivity index (χ0n) is 19.2.